The van der Waals surface area contributed by atoms with Crippen LogP contribution in [0.1, 0.15) is 12.5 Å². The zero-order chi connectivity index (χ0) is 10.3. The zero-order valence-electron chi connectivity index (χ0n) is 8.17. The van der Waals surface area contributed by atoms with E-state index in [1.165, 1.54) is 12.5 Å². The van der Waals surface area contributed by atoms with Crippen LogP contribution in [0.5, 0.6) is 0 Å². The van der Waals surface area contributed by atoms with E-state index in [0.717, 1.165) is 0 Å². The third-order valence-corrected chi connectivity index (χ3v) is 2.03. The lowest BCUT2D eigenvalue weighted by molar-refractivity contribution is 0.484. The van der Waals surface area contributed by atoms with Crippen LogP contribution in [0.3, 0.4) is 0 Å². The quantitative estimate of drug-likeness (QED) is 0.805. The summed E-state index contributed by atoms with van der Waals surface area (Å²) in [6, 6.07) is 10.3. The van der Waals surface area contributed by atoms with E-state index >= 15 is 0 Å². The summed E-state index contributed by atoms with van der Waals surface area (Å²) < 4.78 is 26.9. The van der Waals surface area contributed by atoms with Gasteiger partial charge >= 0.3 is 0 Å². The SMILES string of the molecule is Br.CCS(=O)(=O)O.Cc1ccccc1. The monoisotopic (exact) mass is 282 g/mol. The Labute approximate surface area is 95.7 Å². The van der Waals surface area contributed by atoms with Gasteiger partial charge < -0.3 is 0 Å². The third kappa shape index (κ3) is 11.6. The molecule has 5 heteroatoms. The maximum Gasteiger partial charge on any atom is 0.264 e. The Balaban J connectivity index is 0. The number of aryl methyl sites for hydroxylation is 1. The molecule has 1 aromatic rings. The summed E-state index contributed by atoms with van der Waals surface area (Å²) in [5, 5.41) is 0. The molecule has 0 atom stereocenters. The summed E-state index contributed by atoms with van der Waals surface area (Å²) in [6.45, 7) is 3.45. The first-order valence-corrected chi connectivity index (χ1v) is 5.53. The second kappa shape index (κ2) is 7.96. The maximum atomic E-state index is 9.56. The van der Waals surface area contributed by atoms with Gasteiger partial charge in [0.15, 0.2) is 0 Å². The Kier molecular flexibility index (Phi) is 9.13. The van der Waals surface area contributed by atoms with Gasteiger partial charge in [-0.15, -0.1) is 17.0 Å². The van der Waals surface area contributed by atoms with Crippen LogP contribution in [-0.2, 0) is 10.1 Å². The van der Waals surface area contributed by atoms with Crippen molar-refractivity contribution >= 4 is 27.1 Å². The van der Waals surface area contributed by atoms with Gasteiger partial charge in [0.2, 0.25) is 0 Å². The summed E-state index contributed by atoms with van der Waals surface area (Å²) in [5.74, 6) is -0.201. The van der Waals surface area contributed by atoms with E-state index in [1.807, 2.05) is 18.2 Å². The molecule has 0 aliphatic heterocycles. The molecule has 1 rings (SSSR count). The fourth-order valence-corrected chi connectivity index (χ4v) is 0.534. The lowest BCUT2D eigenvalue weighted by atomic mass is 10.2. The minimum atomic E-state index is -3.66. The van der Waals surface area contributed by atoms with E-state index in [4.69, 9.17) is 4.55 Å². The number of benzene rings is 1. The predicted octanol–water partition coefficient (Wildman–Crippen LogP) is 2.47. The molecule has 0 amide bonds. The first-order chi connectivity index (χ1) is 5.95. The van der Waals surface area contributed by atoms with Gasteiger partial charge in [-0.3, -0.25) is 4.55 Å². The molecule has 0 aliphatic carbocycles. The molecule has 0 fully saturated rings. The highest BCUT2D eigenvalue weighted by atomic mass is 79.9. The fraction of sp³-hybridized carbons (Fsp3) is 0.333. The molecule has 0 spiro atoms. The lowest BCUT2D eigenvalue weighted by Crippen LogP contribution is -1.97. The minimum absolute atomic E-state index is 0. The molecular formula is C9H15BrO3S. The predicted molar refractivity (Wildman–Crippen MR) is 63.6 cm³/mol. The molecule has 1 aromatic carbocycles. The second-order valence-electron chi connectivity index (χ2n) is 2.53. The molecule has 0 unspecified atom stereocenters. The van der Waals surface area contributed by atoms with E-state index < -0.39 is 10.1 Å². The van der Waals surface area contributed by atoms with Crippen molar-refractivity contribution in [3.05, 3.63) is 35.9 Å². The van der Waals surface area contributed by atoms with Gasteiger partial charge in [-0.05, 0) is 13.8 Å². The largest absolute Gasteiger partial charge is 0.286 e. The Bertz CT molecular complexity index is 321. The fourth-order valence-electron chi connectivity index (χ4n) is 0.534. The van der Waals surface area contributed by atoms with Crippen molar-refractivity contribution in [1.29, 1.82) is 0 Å². The van der Waals surface area contributed by atoms with Crippen molar-refractivity contribution in [2.75, 3.05) is 5.75 Å². The van der Waals surface area contributed by atoms with Crippen LogP contribution >= 0.6 is 17.0 Å². The molecule has 0 heterocycles. The average molecular weight is 283 g/mol. The van der Waals surface area contributed by atoms with Gasteiger partial charge in [-0.1, -0.05) is 35.9 Å². The normalized spacial score (nSPS) is 9.36. The van der Waals surface area contributed by atoms with Gasteiger partial charge in [-0.25, -0.2) is 0 Å². The van der Waals surface area contributed by atoms with Gasteiger partial charge in [0.1, 0.15) is 0 Å². The molecule has 0 radical (unpaired) electrons. The number of hydrogen-bond acceptors (Lipinski definition) is 2. The minimum Gasteiger partial charge on any atom is -0.286 e. The van der Waals surface area contributed by atoms with E-state index in [9.17, 15) is 8.42 Å². The van der Waals surface area contributed by atoms with Crippen molar-refractivity contribution < 1.29 is 13.0 Å². The zero-order valence-corrected chi connectivity index (χ0v) is 10.7. The van der Waals surface area contributed by atoms with E-state index in [1.54, 1.807) is 0 Å². The van der Waals surface area contributed by atoms with E-state index in [2.05, 4.69) is 19.1 Å². The Morgan fingerprint density at radius 2 is 1.57 bits per heavy atom. The maximum absolute atomic E-state index is 9.56. The van der Waals surface area contributed by atoms with Crippen LogP contribution in [0.15, 0.2) is 30.3 Å². The highest BCUT2D eigenvalue weighted by Gasteiger charge is 1.93. The first-order valence-electron chi connectivity index (χ1n) is 3.92. The van der Waals surface area contributed by atoms with Crippen molar-refractivity contribution in [1.82, 2.24) is 0 Å². The van der Waals surface area contributed by atoms with Gasteiger partial charge in [-0.2, -0.15) is 8.42 Å². The molecule has 0 aromatic heterocycles. The summed E-state index contributed by atoms with van der Waals surface area (Å²) in [6.07, 6.45) is 0. The highest BCUT2D eigenvalue weighted by Crippen LogP contribution is 1.92. The smallest absolute Gasteiger partial charge is 0.264 e. The van der Waals surface area contributed by atoms with Crippen LogP contribution in [0.4, 0.5) is 0 Å². The van der Waals surface area contributed by atoms with Crippen LogP contribution < -0.4 is 0 Å². The number of rotatable bonds is 1. The molecular weight excluding hydrogens is 268 g/mol. The Morgan fingerprint density at radius 1 is 1.21 bits per heavy atom. The summed E-state index contributed by atoms with van der Waals surface area (Å²) in [5.41, 5.74) is 1.32. The molecule has 0 saturated heterocycles. The highest BCUT2D eigenvalue weighted by molar-refractivity contribution is 8.93. The average Bonchev–Trinajstić information content (AvgIpc) is 2.06. The topological polar surface area (TPSA) is 54.4 Å². The van der Waals surface area contributed by atoms with Crippen molar-refractivity contribution in [2.45, 2.75) is 13.8 Å². The molecule has 0 aliphatic rings. The molecule has 0 bridgehead atoms. The number of hydrogen-bond donors (Lipinski definition) is 1. The molecule has 1 N–H and O–H groups in total. The summed E-state index contributed by atoms with van der Waals surface area (Å²) in [7, 11) is -3.66. The van der Waals surface area contributed by atoms with Crippen LogP contribution in [0, 0.1) is 6.92 Å². The van der Waals surface area contributed by atoms with E-state index in [0.29, 0.717) is 0 Å². The molecule has 3 nitrogen and oxygen atoms in total. The molecule has 14 heavy (non-hydrogen) atoms. The third-order valence-electron chi connectivity index (χ3n) is 1.31. The van der Waals surface area contributed by atoms with Crippen LogP contribution in [-0.4, -0.2) is 18.7 Å². The molecule has 0 saturated carbocycles. The van der Waals surface area contributed by atoms with Gasteiger partial charge in [0.05, 0.1) is 5.75 Å². The van der Waals surface area contributed by atoms with Gasteiger partial charge in [0.25, 0.3) is 10.1 Å². The summed E-state index contributed by atoms with van der Waals surface area (Å²) >= 11 is 0. The lowest BCUT2D eigenvalue weighted by Gasteiger charge is -1.82. The van der Waals surface area contributed by atoms with Crippen molar-refractivity contribution in [2.24, 2.45) is 0 Å². The summed E-state index contributed by atoms with van der Waals surface area (Å²) in [4.78, 5) is 0. The van der Waals surface area contributed by atoms with Crippen LogP contribution in [0.2, 0.25) is 0 Å². The number of halogens is 1. The van der Waals surface area contributed by atoms with E-state index in [-0.39, 0.29) is 22.7 Å². The van der Waals surface area contributed by atoms with Gasteiger partial charge in [0, 0.05) is 0 Å². The standard InChI is InChI=1S/C7H8.C2H6O3S.BrH/c1-7-5-3-2-4-6-7;1-2-6(3,4)5;/h2-6H,1H3;2H2,1H3,(H,3,4,5);1H. The van der Waals surface area contributed by atoms with Crippen molar-refractivity contribution in [3.8, 4) is 0 Å². The molecule has 82 valence electrons. The second-order valence-corrected chi connectivity index (χ2v) is 4.27. The van der Waals surface area contributed by atoms with Crippen molar-refractivity contribution in [3.63, 3.8) is 0 Å². The Morgan fingerprint density at radius 3 is 1.71 bits per heavy atom. The van der Waals surface area contributed by atoms with Crippen LogP contribution in [0.25, 0.3) is 0 Å². The Hall–Kier alpha value is -0.390. The first kappa shape index (κ1) is 16.1.